The highest BCUT2D eigenvalue weighted by Crippen LogP contribution is 2.14. The first-order chi connectivity index (χ1) is 6.40. The molecule has 0 aromatic heterocycles. The number of carbonyl (C=O) groups excluding carboxylic acids is 1. The van der Waals surface area contributed by atoms with Crippen molar-refractivity contribution in [2.24, 2.45) is 0 Å². The van der Waals surface area contributed by atoms with Gasteiger partial charge in [0.2, 0.25) is 0 Å². The van der Waals surface area contributed by atoms with Crippen LogP contribution in [-0.4, -0.2) is 36.2 Å². The SMILES string of the molecule is CCOC(F)(F)C(=O)NCCC(=O)O. The molecule has 0 rings (SSSR count). The lowest BCUT2D eigenvalue weighted by molar-refractivity contribution is -0.229. The maximum Gasteiger partial charge on any atom is 0.436 e. The Morgan fingerprint density at radius 2 is 2.07 bits per heavy atom. The highest BCUT2D eigenvalue weighted by molar-refractivity contribution is 5.82. The maximum absolute atomic E-state index is 12.6. The summed E-state index contributed by atoms with van der Waals surface area (Å²) in [5.41, 5.74) is 0. The second-order valence-electron chi connectivity index (χ2n) is 2.35. The van der Waals surface area contributed by atoms with E-state index in [1.165, 1.54) is 6.92 Å². The number of carbonyl (C=O) groups is 2. The molecule has 1 amide bonds. The molecule has 0 aliphatic carbocycles. The Hall–Kier alpha value is -1.24. The van der Waals surface area contributed by atoms with Gasteiger partial charge < -0.3 is 15.2 Å². The fourth-order valence-corrected chi connectivity index (χ4v) is 0.633. The van der Waals surface area contributed by atoms with Gasteiger partial charge in [-0.3, -0.25) is 9.59 Å². The smallest absolute Gasteiger partial charge is 0.436 e. The van der Waals surface area contributed by atoms with E-state index in [9.17, 15) is 18.4 Å². The predicted molar refractivity (Wildman–Crippen MR) is 41.8 cm³/mol. The van der Waals surface area contributed by atoms with E-state index in [-0.39, 0.29) is 13.2 Å². The summed E-state index contributed by atoms with van der Waals surface area (Å²) in [6.45, 7) is 0.661. The molecule has 82 valence electrons. The van der Waals surface area contributed by atoms with Crippen molar-refractivity contribution in [3.63, 3.8) is 0 Å². The van der Waals surface area contributed by atoms with Gasteiger partial charge in [-0.2, -0.15) is 8.78 Å². The molecule has 0 saturated carbocycles. The molecule has 0 fully saturated rings. The summed E-state index contributed by atoms with van der Waals surface area (Å²) in [6.07, 6.45) is -4.30. The molecule has 0 aliphatic rings. The average molecular weight is 211 g/mol. The first kappa shape index (κ1) is 12.8. The molecule has 0 bridgehead atoms. The third-order valence-corrected chi connectivity index (χ3v) is 1.21. The van der Waals surface area contributed by atoms with E-state index >= 15 is 0 Å². The van der Waals surface area contributed by atoms with E-state index in [1.54, 1.807) is 5.32 Å². The van der Waals surface area contributed by atoms with Crippen LogP contribution < -0.4 is 5.32 Å². The van der Waals surface area contributed by atoms with E-state index in [2.05, 4.69) is 4.74 Å². The van der Waals surface area contributed by atoms with Crippen molar-refractivity contribution in [2.75, 3.05) is 13.2 Å². The Morgan fingerprint density at radius 1 is 1.50 bits per heavy atom. The van der Waals surface area contributed by atoms with Crippen molar-refractivity contribution < 1.29 is 28.2 Å². The molecular weight excluding hydrogens is 200 g/mol. The lowest BCUT2D eigenvalue weighted by Crippen LogP contribution is -2.42. The summed E-state index contributed by atoms with van der Waals surface area (Å²) >= 11 is 0. The second kappa shape index (κ2) is 5.48. The van der Waals surface area contributed by atoms with Crippen LogP contribution in [0.4, 0.5) is 8.78 Å². The van der Waals surface area contributed by atoms with Crippen molar-refractivity contribution in [3.8, 4) is 0 Å². The third kappa shape index (κ3) is 4.70. The normalized spacial score (nSPS) is 11.1. The number of ether oxygens (including phenoxy) is 1. The Morgan fingerprint density at radius 3 is 2.50 bits per heavy atom. The molecule has 0 unspecified atom stereocenters. The van der Waals surface area contributed by atoms with Crippen LogP contribution in [0.5, 0.6) is 0 Å². The van der Waals surface area contributed by atoms with Gasteiger partial charge in [-0.25, -0.2) is 0 Å². The van der Waals surface area contributed by atoms with Crippen LogP contribution in [0.2, 0.25) is 0 Å². The molecule has 0 aromatic rings. The molecule has 0 saturated heterocycles. The van der Waals surface area contributed by atoms with Gasteiger partial charge >= 0.3 is 18.0 Å². The van der Waals surface area contributed by atoms with Crippen LogP contribution in [-0.2, 0) is 14.3 Å². The lowest BCUT2D eigenvalue weighted by Gasteiger charge is -2.14. The summed E-state index contributed by atoms with van der Waals surface area (Å²) in [5.74, 6) is -2.80. The quantitative estimate of drug-likeness (QED) is 0.658. The zero-order valence-corrected chi connectivity index (χ0v) is 7.55. The number of carboxylic acids is 1. The molecular formula is C7H11F2NO4. The minimum atomic E-state index is -3.90. The minimum absolute atomic E-state index is 0.306. The maximum atomic E-state index is 12.6. The van der Waals surface area contributed by atoms with Crippen molar-refractivity contribution >= 4 is 11.9 Å². The van der Waals surface area contributed by atoms with Gasteiger partial charge in [-0.1, -0.05) is 0 Å². The molecule has 0 heterocycles. The van der Waals surface area contributed by atoms with Gasteiger partial charge in [0.05, 0.1) is 13.0 Å². The summed E-state index contributed by atoms with van der Waals surface area (Å²) in [5, 5.41) is 9.91. The van der Waals surface area contributed by atoms with Gasteiger partial charge in [0.1, 0.15) is 0 Å². The minimum Gasteiger partial charge on any atom is -0.481 e. The first-order valence-corrected chi connectivity index (χ1v) is 3.92. The highest BCUT2D eigenvalue weighted by atomic mass is 19.3. The molecule has 7 heteroatoms. The van der Waals surface area contributed by atoms with Crippen LogP contribution in [0.3, 0.4) is 0 Å². The summed E-state index contributed by atoms with van der Waals surface area (Å²) < 4.78 is 29.0. The van der Waals surface area contributed by atoms with E-state index in [1.807, 2.05) is 0 Å². The molecule has 0 atom stereocenters. The summed E-state index contributed by atoms with van der Waals surface area (Å²) in [6, 6.07) is 0. The number of halogens is 2. The van der Waals surface area contributed by atoms with Gasteiger partial charge in [0, 0.05) is 6.54 Å². The Balaban J connectivity index is 3.88. The predicted octanol–water partition coefficient (Wildman–Crippen LogP) is 0.207. The van der Waals surface area contributed by atoms with Crippen LogP contribution in [0.15, 0.2) is 0 Å². The second-order valence-corrected chi connectivity index (χ2v) is 2.35. The number of amides is 1. The van der Waals surface area contributed by atoms with Gasteiger partial charge in [-0.15, -0.1) is 0 Å². The number of alkyl halides is 2. The zero-order valence-electron chi connectivity index (χ0n) is 7.55. The summed E-state index contributed by atoms with van der Waals surface area (Å²) in [4.78, 5) is 20.6. The van der Waals surface area contributed by atoms with E-state index in [0.717, 1.165) is 0 Å². The van der Waals surface area contributed by atoms with E-state index < -0.39 is 24.4 Å². The Bertz CT molecular complexity index is 220. The lowest BCUT2D eigenvalue weighted by atomic mass is 10.4. The van der Waals surface area contributed by atoms with E-state index in [0.29, 0.717) is 0 Å². The molecule has 0 aromatic carbocycles. The topological polar surface area (TPSA) is 75.6 Å². The first-order valence-electron chi connectivity index (χ1n) is 3.92. The zero-order chi connectivity index (χ0) is 11.2. The number of nitrogens with one attached hydrogen (secondary N) is 1. The van der Waals surface area contributed by atoms with Gasteiger partial charge in [0.25, 0.3) is 0 Å². The molecule has 5 nitrogen and oxygen atoms in total. The van der Waals surface area contributed by atoms with Crippen LogP contribution in [0.1, 0.15) is 13.3 Å². The number of hydrogen-bond acceptors (Lipinski definition) is 3. The van der Waals surface area contributed by atoms with Crippen molar-refractivity contribution in [2.45, 2.75) is 19.5 Å². The Kier molecular flexibility index (Phi) is 5.00. The summed E-state index contributed by atoms with van der Waals surface area (Å²) in [7, 11) is 0. The Labute approximate surface area is 79.0 Å². The number of rotatable bonds is 6. The van der Waals surface area contributed by atoms with E-state index in [4.69, 9.17) is 5.11 Å². The number of hydrogen-bond donors (Lipinski definition) is 2. The third-order valence-electron chi connectivity index (χ3n) is 1.21. The largest absolute Gasteiger partial charge is 0.481 e. The van der Waals surface area contributed by atoms with Crippen molar-refractivity contribution in [3.05, 3.63) is 0 Å². The van der Waals surface area contributed by atoms with Crippen LogP contribution in [0.25, 0.3) is 0 Å². The van der Waals surface area contributed by atoms with Crippen LogP contribution in [0, 0.1) is 0 Å². The monoisotopic (exact) mass is 211 g/mol. The molecule has 0 aliphatic heterocycles. The standard InChI is InChI=1S/C7H11F2NO4/c1-2-14-7(8,9)6(13)10-4-3-5(11)12/h2-4H2,1H3,(H,10,13)(H,11,12). The molecule has 2 N–H and O–H groups in total. The van der Waals surface area contributed by atoms with Gasteiger partial charge in [0.15, 0.2) is 0 Å². The fraction of sp³-hybridized carbons (Fsp3) is 0.714. The molecule has 0 radical (unpaired) electrons. The van der Waals surface area contributed by atoms with Crippen molar-refractivity contribution in [1.29, 1.82) is 0 Å². The fourth-order valence-electron chi connectivity index (χ4n) is 0.633. The number of carboxylic acid groups (broad SMARTS) is 1. The van der Waals surface area contributed by atoms with Crippen molar-refractivity contribution in [1.82, 2.24) is 5.32 Å². The highest BCUT2D eigenvalue weighted by Gasteiger charge is 2.39. The average Bonchev–Trinajstić information content (AvgIpc) is 2.03. The van der Waals surface area contributed by atoms with Crippen LogP contribution >= 0.6 is 0 Å². The molecule has 14 heavy (non-hydrogen) atoms. The van der Waals surface area contributed by atoms with Gasteiger partial charge in [-0.05, 0) is 6.92 Å². The number of aliphatic carboxylic acids is 1. The molecule has 0 spiro atoms.